The first-order chi connectivity index (χ1) is 10.8. The number of hydrogen-bond donors (Lipinski definition) is 1. The van der Waals surface area contributed by atoms with Crippen molar-refractivity contribution in [3.8, 4) is 0 Å². The number of rotatable bonds is 7. The van der Waals surface area contributed by atoms with Crippen LogP contribution in [0.4, 0.5) is 5.00 Å². The lowest BCUT2D eigenvalue weighted by molar-refractivity contribution is -0.116. The fraction of sp³-hybridized carbons (Fsp3) is 0.533. The van der Waals surface area contributed by atoms with Gasteiger partial charge in [0.2, 0.25) is 5.91 Å². The van der Waals surface area contributed by atoms with Crippen molar-refractivity contribution in [3.63, 3.8) is 0 Å². The molecule has 0 spiro atoms. The van der Waals surface area contributed by atoms with E-state index in [1.165, 1.54) is 0 Å². The van der Waals surface area contributed by atoms with E-state index >= 15 is 0 Å². The molecule has 0 aliphatic rings. The summed E-state index contributed by atoms with van der Waals surface area (Å²) < 4.78 is 10.0. The summed E-state index contributed by atoms with van der Waals surface area (Å²) in [6.07, 6.45) is 0. The summed E-state index contributed by atoms with van der Waals surface area (Å²) in [5.74, 6) is -1.37. The molecule has 0 aromatic carbocycles. The molecular weight excluding hydrogens is 320 g/mol. The van der Waals surface area contributed by atoms with Gasteiger partial charge in [0, 0.05) is 0 Å². The quantitative estimate of drug-likeness (QED) is 0.762. The van der Waals surface area contributed by atoms with Gasteiger partial charge in [-0.25, -0.2) is 9.59 Å². The van der Waals surface area contributed by atoms with Gasteiger partial charge in [0.05, 0.1) is 25.3 Å². The van der Waals surface area contributed by atoms with Crippen LogP contribution in [0.2, 0.25) is 0 Å². The summed E-state index contributed by atoms with van der Waals surface area (Å²) in [6.45, 7) is 5.62. The maximum atomic E-state index is 12.2. The Bertz CT molecular complexity index is 595. The van der Waals surface area contributed by atoms with E-state index in [-0.39, 0.29) is 36.1 Å². The van der Waals surface area contributed by atoms with E-state index in [0.717, 1.165) is 11.3 Å². The second-order valence-electron chi connectivity index (χ2n) is 4.99. The van der Waals surface area contributed by atoms with E-state index in [0.29, 0.717) is 10.6 Å². The minimum absolute atomic E-state index is 0.161. The Morgan fingerprint density at radius 2 is 1.65 bits per heavy atom. The molecule has 128 valence electrons. The molecule has 0 unspecified atom stereocenters. The normalized spacial score (nSPS) is 10.5. The Kier molecular flexibility index (Phi) is 7.18. The molecule has 0 saturated carbocycles. The Labute approximate surface area is 139 Å². The fourth-order valence-electron chi connectivity index (χ4n) is 1.90. The van der Waals surface area contributed by atoms with Gasteiger partial charge >= 0.3 is 11.9 Å². The zero-order chi connectivity index (χ0) is 17.6. The number of ether oxygens (including phenoxy) is 2. The minimum atomic E-state index is -0.572. The molecule has 7 nitrogen and oxygen atoms in total. The van der Waals surface area contributed by atoms with Crippen molar-refractivity contribution in [2.45, 2.75) is 20.8 Å². The molecular formula is C15H22N2O5S. The highest BCUT2D eigenvalue weighted by atomic mass is 32.1. The van der Waals surface area contributed by atoms with Gasteiger partial charge in [-0.1, -0.05) is 0 Å². The van der Waals surface area contributed by atoms with Crippen molar-refractivity contribution < 1.29 is 23.9 Å². The topological polar surface area (TPSA) is 84.9 Å². The van der Waals surface area contributed by atoms with Gasteiger partial charge in [0.15, 0.2) is 0 Å². The predicted octanol–water partition coefficient (Wildman–Crippen LogP) is 1.91. The number of hydrogen-bond acceptors (Lipinski definition) is 7. The average Bonchev–Trinajstić information content (AvgIpc) is 2.75. The number of nitrogens with zero attached hydrogens (tertiary/aromatic N) is 1. The molecule has 0 atom stereocenters. The summed E-state index contributed by atoms with van der Waals surface area (Å²) in [5, 5.41) is 2.97. The van der Waals surface area contributed by atoms with Crippen LogP contribution in [0.25, 0.3) is 0 Å². The Balaban J connectivity index is 3.20. The molecule has 1 N–H and O–H groups in total. The lowest BCUT2D eigenvalue weighted by atomic mass is 10.1. The van der Waals surface area contributed by atoms with E-state index in [1.807, 2.05) is 0 Å². The molecule has 23 heavy (non-hydrogen) atoms. The van der Waals surface area contributed by atoms with Crippen molar-refractivity contribution in [1.29, 1.82) is 0 Å². The zero-order valence-electron chi connectivity index (χ0n) is 14.0. The minimum Gasteiger partial charge on any atom is -0.462 e. The molecule has 1 aromatic rings. The van der Waals surface area contributed by atoms with Gasteiger partial charge < -0.3 is 19.7 Å². The van der Waals surface area contributed by atoms with Crippen molar-refractivity contribution in [3.05, 3.63) is 16.0 Å². The molecule has 1 amide bonds. The number of likely N-dealkylation sites (N-methyl/N-ethyl adjacent to an activating group) is 1. The van der Waals surface area contributed by atoms with Crippen molar-refractivity contribution in [2.75, 3.05) is 39.2 Å². The van der Waals surface area contributed by atoms with Crippen LogP contribution in [0.15, 0.2) is 0 Å². The molecule has 1 rings (SSSR count). The lowest BCUT2D eigenvalue weighted by Crippen LogP contribution is -2.27. The maximum Gasteiger partial charge on any atom is 0.348 e. The number of amides is 1. The Morgan fingerprint density at radius 3 is 2.17 bits per heavy atom. The number of carbonyl (C=O) groups is 3. The third kappa shape index (κ3) is 5.04. The van der Waals surface area contributed by atoms with E-state index in [4.69, 9.17) is 9.47 Å². The molecule has 1 aromatic heterocycles. The van der Waals surface area contributed by atoms with E-state index in [9.17, 15) is 14.4 Å². The van der Waals surface area contributed by atoms with Gasteiger partial charge in [-0.2, -0.15) is 0 Å². The number of esters is 2. The fourth-order valence-corrected chi connectivity index (χ4v) is 3.00. The monoisotopic (exact) mass is 342 g/mol. The van der Waals surface area contributed by atoms with E-state index in [1.54, 1.807) is 39.8 Å². The summed E-state index contributed by atoms with van der Waals surface area (Å²) in [7, 11) is 3.52. The van der Waals surface area contributed by atoms with Crippen molar-refractivity contribution in [1.82, 2.24) is 4.90 Å². The van der Waals surface area contributed by atoms with Crippen LogP contribution >= 0.6 is 11.3 Å². The summed E-state index contributed by atoms with van der Waals surface area (Å²) >= 11 is 1.02. The SMILES string of the molecule is CCOC(=O)c1sc(NC(=O)CN(C)C)c(C(=O)OCC)c1C. The third-order valence-corrected chi connectivity index (χ3v) is 3.99. The van der Waals surface area contributed by atoms with Gasteiger partial charge in [-0.3, -0.25) is 4.79 Å². The second kappa shape index (κ2) is 8.64. The molecule has 8 heteroatoms. The highest BCUT2D eigenvalue weighted by Crippen LogP contribution is 2.34. The predicted molar refractivity (Wildman–Crippen MR) is 88.2 cm³/mol. The first kappa shape index (κ1) is 19.1. The van der Waals surface area contributed by atoms with E-state index < -0.39 is 11.9 Å². The zero-order valence-corrected chi connectivity index (χ0v) is 14.8. The van der Waals surface area contributed by atoms with Gasteiger partial charge in [-0.15, -0.1) is 11.3 Å². The van der Waals surface area contributed by atoms with Crippen LogP contribution < -0.4 is 5.32 Å². The molecule has 0 aliphatic carbocycles. The highest BCUT2D eigenvalue weighted by molar-refractivity contribution is 7.18. The third-order valence-electron chi connectivity index (χ3n) is 2.80. The number of nitrogens with one attached hydrogen (secondary N) is 1. The Morgan fingerprint density at radius 1 is 1.09 bits per heavy atom. The molecule has 0 fully saturated rings. The molecule has 0 radical (unpaired) electrons. The Hall–Kier alpha value is -1.93. The van der Waals surface area contributed by atoms with Gasteiger partial charge in [-0.05, 0) is 40.4 Å². The van der Waals surface area contributed by atoms with Crippen molar-refractivity contribution >= 4 is 34.2 Å². The summed E-state index contributed by atoms with van der Waals surface area (Å²) in [6, 6.07) is 0. The summed E-state index contributed by atoms with van der Waals surface area (Å²) in [4.78, 5) is 38.1. The molecule has 1 heterocycles. The molecule has 0 saturated heterocycles. The second-order valence-corrected chi connectivity index (χ2v) is 6.01. The van der Waals surface area contributed by atoms with Gasteiger partial charge in [0.1, 0.15) is 9.88 Å². The average molecular weight is 342 g/mol. The molecule has 0 bridgehead atoms. The van der Waals surface area contributed by atoms with Crippen LogP contribution in [-0.2, 0) is 14.3 Å². The standard InChI is InChI=1S/C15H22N2O5S/c1-6-21-14(19)11-9(3)12(15(20)22-7-2)23-13(11)16-10(18)8-17(4)5/h6-8H2,1-5H3,(H,16,18). The summed E-state index contributed by atoms with van der Waals surface area (Å²) in [5.41, 5.74) is 0.652. The highest BCUT2D eigenvalue weighted by Gasteiger charge is 2.27. The maximum absolute atomic E-state index is 12.2. The smallest absolute Gasteiger partial charge is 0.348 e. The largest absolute Gasteiger partial charge is 0.462 e. The van der Waals surface area contributed by atoms with Crippen LogP contribution in [0.3, 0.4) is 0 Å². The first-order valence-corrected chi connectivity index (χ1v) is 8.05. The first-order valence-electron chi connectivity index (χ1n) is 7.23. The number of thiophene rings is 1. The van der Waals surface area contributed by atoms with Crippen LogP contribution in [0.1, 0.15) is 39.4 Å². The number of carbonyl (C=O) groups excluding carboxylic acids is 3. The lowest BCUT2D eigenvalue weighted by Gasteiger charge is -2.10. The van der Waals surface area contributed by atoms with Crippen LogP contribution in [0, 0.1) is 6.92 Å². The number of anilines is 1. The van der Waals surface area contributed by atoms with E-state index in [2.05, 4.69) is 5.32 Å². The van der Waals surface area contributed by atoms with Gasteiger partial charge in [0.25, 0.3) is 0 Å². The molecule has 0 aliphatic heterocycles. The van der Waals surface area contributed by atoms with Crippen LogP contribution in [-0.4, -0.2) is 56.6 Å². The van der Waals surface area contributed by atoms with Crippen LogP contribution in [0.5, 0.6) is 0 Å². The van der Waals surface area contributed by atoms with Crippen molar-refractivity contribution in [2.24, 2.45) is 0 Å².